The molecule has 0 bridgehead atoms. The topological polar surface area (TPSA) is 107 Å². The average molecular weight is 556 g/mol. The van der Waals surface area contributed by atoms with E-state index in [4.69, 9.17) is 5.26 Å². The Labute approximate surface area is 213 Å². The fourth-order valence-corrected chi connectivity index (χ4v) is 5.22. The summed E-state index contributed by atoms with van der Waals surface area (Å²) in [6, 6.07) is 9.33. The van der Waals surface area contributed by atoms with Crippen molar-refractivity contribution in [3.63, 3.8) is 0 Å². The predicted octanol–water partition coefficient (Wildman–Crippen LogP) is 4.77. The van der Waals surface area contributed by atoms with Crippen molar-refractivity contribution in [2.24, 2.45) is 0 Å². The second kappa shape index (κ2) is 10.8. The highest BCUT2D eigenvalue weighted by Gasteiger charge is 2.41. The van der Waals surface area contributed by atoms with Gasteiger partial charge in [0, 0.05) is 11.8 Å². The molecule has 0 aliphatic rings. The fraction of sp³-hybridized carbons (Fsp3) is 0.200. The Morgan fingerprint density at radius 3 is 2.08 bits per heavy atom. The van der Waals surface area contributed by atoms with Crippen molar-refractivity contribution in [1.29, 1.82) is 5.26 Å². The molecule has 0 radical (unpaired) electrons. The van der Waals surface area contributed by atoms with Gasteiger partial charge in [0.25, 0.3) is 5.91 Å². The van der Waals surface area contributed by atoms with Crippen LogP contribution in [-0.2, 0) is 27.2 Å². The molecule has 1 atom stereocenters. The second-order valence-corrected chi connectivity index (χ2v) is 10.3. The van der Waals surface area contributed by atoms with Gasteiger partial charge in [-0.05, 0) is 73.0 Å². The lowest BCUT2D eigenvalue weighted by molar-refractivity contribution is -0.138. The number of anilines is 1. The zero-order valence-corrected chi connectivity index (χ0v) is 20.0. The van der Waals surface area contributed by atoms with Gasteiger partial charge in [-0.2, -0.15) is 18.4 Å². The van der Waals surface area contributed by atoms with Crippen LogP contribution in [0.15, 0.2) is 65.6 Å². The number of nitrogens with zero attached hydrogens (tertiary/aromatic N) is 1. The largest absolute Gasteiger partial charge is 0.417 e. The van der Waals surface area contributed by atoms with Gasteiger partial charge >= 0.3 is 6.18 Å². The smallest absolute Gasteiger partial charge is 0.379 e. The first-order valence-electron chi connectivity index (χ1n) is 10.7. The van der Waals surface area contributed by atoms with Crippen molar-refractivity contribution >= 4 is 21.4 Å². The van der Waals surface area contributed by atoms with E-state index in [1.807, 2.05) is 5.32 Å². The van der Waals surface area contributed by atoms with Crippen molar-refractivity contribution in [3.8, 4) is 6.07 Å². The van der Waals surface area contributed by atoms with E-state index in [-0.39, 0.29) is 5.56 Å². The van der Waals surface area contributed by atoms with E-state index >= 15 is 0 Å². The summed E-state index contributed by atoms with van der Waals surface area (Å²) in [5.74, 6) is -5.42. The van der Waals surface area contributed by atoms with E-state index in [1.54, 1.807) is 0 Å². The van der Waals surface area contributed by atoms with Crippen LogP contribution in [-0.4, -0.2) is 30.8 Å². The minimum atomic E-state index is -4.96. The van der Waals surface area contributed by atoms with Gasteiger partial charge in [0.15, 0.2) is 15.4 Å². The lowest BCUT2D eigenvalue weighted by Crippen LogP contribution is -2.49. The van der Waals surface area contributed by atoms with Crippen LogP contribution in [0.2, 0.25) is 0 Å². The average Bonchev–Trinajstić information content (AvgIpc) is 2.81. The number of hydrogen-bond donors (Lipinski definition) is 2. The summed E-state index contributed by atoms with van der Waals surface area (Å²) in [6.45, 7) is 0. The number of alkyl halides is 3. The number of carbonyl (C=O) groups excluding carboxylic acids is 1. The molecule has 0 heterocycles. The molecule has 0 spiro atoms. The lowest BCUT2D eigenvalue weighted by Gasteiger charge is -2.27. The zero-order chi connectivity index (χ0) is 28.3. The Hall–Kier alpha value is -3.89. The van der Waals surface area contributed by atoms with E-state index in [2.05, 4.69) is 0 Å². The van der Waals surface area contributed by atoms with E-state index in [0.717, 1.165) is 48.5 Å². The summed E-state index contributed by atoms with van der Waals surface area (Å²) < 4.78 is 106. The van der Waals surface area contributed by atoms with Crippen LogP contribution < -0.4 is 5.32 Å². The van der Waals surface area contributed by atoms with E-state index in [9.17, 15) is 44.7 Å². The third-order valence-corrected chi connectivity index (χ3v) is 7.33. The van der Waals surface area contributed by atoms with Crippen LogP contribution in [0.5, 0.6) is 0 Å². The molecule has 3 aromatic rings. The Morgan fingerprint density at radius 2 is 1.53 bits per heavy atom. The monoisotopic (exact) mass is 556 g/mol. The van der Waals surface area contributed by atoms with Gasteiger partial charge in [0.05, 0.1) is 27.8 Å². The van der Waals surface area contributed by atoms with Gasteiger partial charge in [0.1, 0.15) is 17.5 Å². The molecule has 0 aliphatic heterocycles. The lowest BCUT2D eigenvalue weighted by atomic mass is 9.95. The number of carbonyl (C=O) groups is 1. The molecule has 0 saturated carbocycles. The van der Waals surface area contributed by atoms with Gasteiger partial charge < -0.3 is 10.4 Å². The molecule has 0 unspecified atom stereocenters. The summed E-state index contributed by atoms with van der Waals surface area (Å²) in [4.78, 5) is 12.6. The van der Waals surface area contributed by atoms with Crippen molar-refractivity contribution < 1.29 is 44.7 Å². The number of halogens is 6. The van der Waals surface area contributed by atoms with Gasteiger partial charge in [0.2, 0.25) is 0 Å². The molecular weight excluding hydrogens is 538 g/mol. The molecule has 13 heteroatoms. The molecule has 0 aliphatic carbocycles. The second-order valence-electron chi connectivity index (χ2n) is 8.35. The number of aryl methyl sites for hydroxylation is 1. The van der Waals surface area contributed by atoms with Crippen LogP contribution in [0.1, 0.15) is 23.1 Å². The van der Waals surface area contributed by atoms with Gasteiger partial charge in [-0.25, -0.2) is 21.6 Å². The number of nitriles is 1. The minimum Gasteiger partial charge on any atom is -0.379 e. The first-order valence-corrected chi connectivity index (χ1v) is 12.4. The van der Waals surface area contributed by atoms with Gasteiger partial charge in [-0.3, -0.25) is 4.79 Å². The quantitative estimate of drug-likeness (QED) is 0.307. The molecule has 38 heavy (non-hydrogen) atoms. The van der Waals surface area contributed by atoms with Crippen LogP contribution in [0.4, 0.5) is 32.0 Å². The van der Waals surface area contributed by atoms with Crippen molar-refractivity contribution in [2.45, 2.75) is 29.5 Å². The highest BCUT2D eigenvalue weighted by molar-refractivity contribution is 7.91. The molecule has 6 nitrogen and oxygen atoms in total. The number of hydrogen-bond acceptors (Lipinski definition) is 5. The summed E-state index contributed by atoms with van der Waals surface area (Å²) in [6.07, 6.45) is -6.08. The summed E-state index contributed by atoms with van der Waals surface area (Å²) in [7, 11) is -4.48. The van der Waals surface area contributed by atoms with Crippen LogP contribution >= 0.6 is 0 Å². The first kappa shape index (κ1) is 28.7. The van der Waals surface area contributed by atoms with Crippen LogP contribution in [0, 0.1) is 28.8 Å². The Bertz CT molecular complexity index is 1480. The van der Waals surface area contributed by atoms with Crippen molar-refractivity contribution in [2.75, 3.05) is 11.1 Å². The maximum absolute atomic E-state index is 13.6. The summed E-state index contributed by atoms with van der Waals surface area (Å²) in [5, 5.41) is 22.1. The normalized spacial score (nSPS) is 13.4. The Kier molecular flexibility index (Phi) is 8.18. The number of sulfone groups is 1. The molecule has 2 N–H and O–H groups in total. The highest BCUT2D eigenvalue weighted by Crippen LogP contribution is 2.34. The van der Waals surface area contributed by atoms with Crippen LogP contribution in [0.25, 0.3) is 0 Å². The molecule has 3 aromatic carbocycles. The SMILES string of the molecule is N#Cc1ccc(NC(=O)[C@](O)(CCc2cc(F)cc(F)c2)CS(=O)(=O)c2ccc(F)cc2)cc1C(F)(F)F. The third kappa shape index (κ3) is 6.90. The Balaban J connectivity index is 1.97. The van der Waals surface area contributed by atoms with E-state index in [1.165, 1.54) is 6.07 Å². The summed E-state index contributed by atoms with van der Waals surface area (Å²) in [5.41, 5.74) is -5.47. The molecule has 0 fully saturated rings. The molecule has 1 amide bonds. The van der Waals surface area contributed by atoms with Crippen molar-refractivity contribution in [3.05, 3.63) is 94.8 Å². The van der Waals surface area contributed by atoms with Gasteiger partial charge in [-0.15, -0.1) is 0 Å². The molecule has 200 valence electrons. The molecule has 3 rings (SSSR count). The maximum Gasteiger partial charge on any atom is 0.417 e. The standard InChI is InChI=1S/C25H18F6N2O4S/c26-17-2-5-21(6-3-17)38(36,37)14-24(35,8-7-15-9-18(27)11-19(28)10-15)23(34)33-20-4-1-16(13-32)22(12-20)25(29,30)31/h1-6,9-12,35H,7-8,14H2,(H,33,34)/t24-/m0/s1. The molecule has 0 aromatic heterocycles. The third-order valence-electron chi connectivity index (χ3n) is 5.48. The maximum atomic E-state index is 13.6. The fourth-order valence-electron chi connectivity index (χ4n) is 3.60. The predicted molar refractivity (Wildman–Crippen MR) is 123 cm³/mol. The minimum absolute atomic E-state index is 0.0364. The summed E-state index contributed by atoms with van der Waals surface area (Å²) >= 11 is 0. The molecule has 0 saturated heterocycles. The number of benzene rings is 3. The van der Waals surface area contributed by atoms with Crippen LogP contribution in [0.3, 0.4) is 0 Å². The Morgan fingerprint density at radius 1 is 0.921 bits per heavy atom. The number of amides is 1. The number of nitrogens with one attached hydrogen (secondary N) is 1. The van der Waals surface area contributed by atoms with Crippen molar-refractivity contribution in [1.82, 2.24) is 0 Å². The first-order chi connectivity index (χ1) is 17.6. The highest BCUT2D eigenvalue weighted by atomic mass is 32.2. The number of rotatable bonds is 8. The number of aliphatic hydroxyl groups is 1. The zero-order valence-electron chi connectivity index (χ0n) is 19.2. The van der Waals surface area contributed by atoms with E-state index in [0.29, 0.717) is 12.1 Å². The molecular formula is C25H18F6N2O4S. The van der Waals surface area contributed by atoms with Gasteiger partial charge in [-0.1, -0.05) is 0 Å². The van der Waals surface area contributed by atoms with E-state index < -0.39 is 85.3 Å².